The largest absolute Gasteiger partial charge is 0.439 e. The number of aryl methyl sites for hydroxylation is 2. The van der Waals surface area contributed by atoms with E-state index in [-0.39, 0.29) is 5.41 Å². The van der Waals surface area contributed by atoms with E-state index in [1.54, 1.807) is 6.20 Å². The molecule has 0 N–H and O–H groups in total. The molecule has 0 spiro atoms. The average Bonchev–Trinajstić information content (AvgIpc) is 3.14. The minimum absolute atomic E-state index is 0.324. The van der Waals surface area contributed by atoms with Crippen LogP contribution < -0.4 is 4.74 Å². The zero-order valence-electron chi connectivity index (χ0n) is 20.1. The molecule has 35 heavy (non-hydrogen) atoms. The normalized spacial score (nSPS) is 16.0. The predicted molar refractivity (Wildman–Crippen MR) is 141 cm³/mol. The molecule has 0 saturated carbocycles. The number of hydrogen-bond donors (Lipinski definition) is 0. The first-order valence-electron chi connectivity index (χ1n) is 11.9. The van der Waals surface area contributed by atoms with E-state index in [2.05, 4.69) is 85.6 Å². The van der Waals surface area contributed by atoms with Crippen molar-refractivity contribution in [2.45, 2.75) is 26.2 Å². The molecule has 1 unspecified atom stereocenters. The Kier molecular flexibility index (Phi) is 5.00. The van der Waals surface area contributed by atoms with Gasteiger partial charge < -0.3 is 4.74 Å². The maximum Gasteiger partial charge on any atom is 0.219 e. The van der Waals surface area contributed by atoms with Crippen molar-refractivity contribution in [3.05, 3.63) is 131 Å². The lowest BCUT2D eigenvalue weighted by atomic mass is 9.76. The summed E-state index contributed by atoms with van der Waals surface area (Å²) in [6.45, 7) is 6.41. The summed E-state index contributed by atoms with van der Waals surface area (Å²) in [5, 5.41) is 0. The Morgan fingerprint density at radius 3 is 2.31 bits per heavy atom. The zero-order chi connectivity index (χ0) is 24.0. The smallest absolute Gasteiger partial charge is 0.219 e. The number of fused-ring (bicyclic) bond motifs is 3. The van der Waals surface area contributed by atoms with Gasteiger partial charge in [0.2, 0.25) is 5.88 Å². The molecule has 0 amide bonds. The Labute approximate surface area is 206 Å². The van der Waals surface area contributed by atoms with Gasteiger partial charge >= 0.3 is 0 Å². The molecule has 0 saturated heterocycles. The van der Waals surface area contributed by atoms with Crippen LogP contribution in [0.1, 0.15) is 34.9 Å². The van der Waals surface area contributed by atoms with Gasteiger partial charge in [-0.15, -0.1) is 0 Å². The van der Waals surface area contributed by atoms with Crippen molar-refractivity contribution in [3.8, 4) is 33.9 Å². The summed E-state index contributed by atoms with van der Waals surface area (Å²) in [5.74, 6) is 1.37. The Balaban J connectivity index is 1.45. The lowest BCUT2D eigenvalue weighted by Crippen LogP contribution is -2.24. The SMILES string of the molecule is Cc1ccc(C2(C)c3ccccc3-c3ccc(-c4cccc(Oc5cc(C)ccn5)c4)cc32)nc1. The minimum atomic E-state index is -0.324. The van der Waals surface area contributed by atoms with Crippen LogP contribution in [-0.4, -0.2) is 9.97 Å². The number of aromatic nitrogens is 2. The molecule has 3 nitrogen and oxygen atoms in total. The van der Waals surface area contributed by atoms with Crippen molar-refractivity contribution in [3.63, 3.8) is 0 Å². The Morgan fingerprint density at radius 1 is 0.657 bits per heavy atom. The second kappa shape index (κ2) is 8.21. The lowest BCUT2D eigenvalue weighted by Gasteiger charge is -2.27. The lowest BCUT2D eigenvalue weighted by molar-refractivity contribution is 0.462. The quantitative estimate of drug-likeness (QED) is 0.277. The second-order valence-electron chi connectivity index (χ2n) is 9.45. The third kappa shape index (κ3) is 3.60. The van der Waals surface area contributed by atoms with Crippen molar-refractivity contribution < 1.29 is 4.74 Å². The Hall–Kier alpha value is -4.24. The van der Waals surface area contributed by atoms with E-state index >= 15 is 0 Å². The van der Waals surface area contributed by atoms with Crippen LogP contribution in [0.25, 0.3) is 22.3 Å². The van der Waals surface area contributed by atoms with Crippen molar-refractivity contribution >= 4 is 0 Å². The van der Waals surface area contributed by atoms with E-state index in [0.717, 1.165) is 33.7 Å². The fourth-order valence-corrected chi connectivity index (χ4v) is 5.14. The van der Waals surface area contributed by atoms with E-state index in [1.807, 2.05) is 37.4 Å². The van der Waals surface area contributed by atoms with Crippen LogP contribution in [0.3, 0.4) is 0 Å². The number of nitrogens with zero attached hydrogens (tertiary/aromatic N) is 2. The third-order valence-electron chi connectivity index (χ3n) is 7.02. The van der Waals surface area contributed by atoms with Gasteiger partial charge in [-0.05, 0) is 95.6 Å². The Bertz CT molecular complexity index is 1550. The maximum atomic E-state index is 6.06. The van der Waals surface area contributed by atoms with Crippen LogP contribution in [0, 0.1) is 13.8 Å². The summed E-state index contributed by atoms with van der Waals surface area (Å²) < 4.78 is 6.06. The molecular formula is C32H26N2O. The van der Waals surface area contributed by atoms with Gasteiger partial charge in [0.15, 0.2) is 0 Å². The van der Waals surface area contributed by atoms with Gasteiger partial charge in [0.1, 0.15) is 5.75 Å². The molecule has 2 heterocycles. The number of hydrogen-bond acceptors (Lipinski definition) is 3. The van der Waals surface area contributed by atoms with Crippen LogP contribution in [0.4, 0.5) is 0 Å². The molecule has 1 aliphatic carbocycles. The van der Waals surface area contributed by atoms with E-state index in [0.29, 0.717) is 5.88 Å². The second-order valence-corrected chi connectivity index (χ2v) is 9.45. The number of rotatable bonds is 4. The number of benzene rings is 3. The molecule has 0 aliphatic heterocycles. The molecular weight excluding hydrogens is 428 g/mol. The average molecular weight is 455 g/mol. The highest BCUT2D eigenvalue weighted by Gasteiger charge is 2.41. The van der Waals surface area contributed by atoms with E-state index in [1.165, 1.54) is 22.3 Å². The number of ether oxygens (including phenoxy) is 1. The minimum Gasteiger partial charge on any atom is -0.439 e. The van der Waals surface area contributed by atoms with Crippen LogP contribution in [0.2, 0.25) is 0 Å². The summed E-state index contributed by atoms with van der Waals surface area (Å²) in [6.07, 6.45) is 3.73. The fraction of sp³-hybridized carbons (Fsp3) is 0.125. The van der Waals surface area contributed by atoms with E-state index < -0.39 is 0 Å². The van der Waals surface area contributed by atoms with Crippen LogP contribution >= 0.6 is 0 Å². The maximum absolute atomic E-state index is 6.06. The molecule has 0 fully saturated rings. The number of pyridine rings is 2. The molecule has 1 atom stereocenters. The molecule has 3 aromatic carbocycles. The van der Waals surface area contributed by atoms with Crippen LogP contribution in [0.15, 0.2) is 103 Å². The van der Waals surface area contributed by atoms with Gasteiger partial charge in [0.25, 0.3) is 0 Å². The van der Waals surface area contributed by atoms with Crippen LogP contribution in [0.5, 0.6) is 11.6 Å². The predicted octanol–water partition coefficient (Wildman–Crippen LogP) is 7.89. The molecule has 0 radical (unpaired) electrons. The van der Waals surface area contributed by atoms with Gasteiger partial charge in [0.05, 0.1) is 11.1 Å². The highest BCUT2D eigenvalue weighted by molar-refractivity contribution is 5.85. The Morgan fingerprint density at radius 2 is 1.49 bits per heavy atom. The highest BCUT2D eigenvalue weighted by Crippen LogP contribution is 2.52. The summed E-state index contributed by atoms with van der Waals surface area (Å²) in [6, 6.07) is 31.9. The third-order valence-corrected chi connectivity index (χ3v) is 7.02. The molecule has 6 rings (SSSR count). The molecule has 2 aromatic heterocycles. The summed E-state index contributed by atoms with van der Waals surface area (Å²) in [7, 11) is 0. The van der Waals surface area contributed by atoms with Crippen molar-refractivity contribution in [2.75, 3.05) is 0 Å². The van der Waals surface area contributed by atoms with Gasteiger partial charge in [-0.2, -0.15) is 0 Å². The van der Waals surface area contributed by atoms with Gasteiger partial charge in [0, 0.05) is 18.5 Å². The molecule has 170 valence electrons. The summed E-state index contributed by atoms with van der Waals surface area (Å²) >= 11 is 0. The standard InChI is InChI=1S/C32H26N2O/c1-21-15-16-33-31(17-21)35-25-8-6-7-23(18-25)24-12-13-27-26-9-4-5-10-28(26)32(3,29(27)19-24)30-14-11-22(2)20-34-30/h4-20H,1-3H3. The van der Waals surface area contributed by atoms with Crippen LogP contribution in [-0.2, 0) is 5.41 Å². The van der Waals surface area contributed by atoms with Crippen molar-refractivity contribution in [1.29, 1.82) is 0 Å². The monoisotopic (exact) mass is 454 g/mol. The van der Waals surface area contributed by atoms with Gasteiger partial charge in [-0.25, -0.2) is 4.98 Å². The van der Waals surface area contributed by atoms with Crippen molar-refractivity contribution in [2.24, 2.45) is 0 Å². The van der Waals surface area contributed by atoms with Gasteiger partial charge in [-0.1, -0.05) is 54.6 Å². The first kappa shape index (κ1) is 21.3. The fourth-order valence-electron chi connectivity index (χ4n) is 5.14. The van der Waals surface area contributed by atoms with E-state index in [4.69, 9.17) is 9.72 Å². The first-order valence-corrected chi connectivity index (χ1v) is 11.9. The van der Waals surface area contributed by atoms with E-state index in [9.17, 15) is 0 Å². The van der Waals surface area contributed by atoms with Gasteiger partial charge in [-0.3, -0.25) is 4.98 Å². The first-order chi connectivity index (χ1) is 17.0. The molecule has 1 aliphatic rings. The highest BCUT2D eigenvalue weighted by atomic mass is 16.5. The molecule has 0 bridgehead atoms. The topological polar surface area (TPSA) is 35.0 Å². The summed E-state index contributed by atoms with van der Waals surface area (Å²) in [4.78, 5) is 9.21. The van der Waals surface area contributed by atoms with Crippen molar-refractivity contribution in [1.82, 2.24) is 9.97 Å². The zero-order valence-corrected chi connectivity index (χ0v) is 20.1. The molecule has 3 heteroatoms. The summed E-state index contributed by atoms with van der Waals surface area (Å²) in [5.41, 5.74) is 10.4. The molecule has 5 aromatic rings.